The molecule has 36 heavy (non-hydrogen) atoms. The van der Waals surface area contributed by atoms with Crippen LogP contribution < -0.4 is 14.4 Å². The molecule has 3 aromatic rings. The Morgan fingerprint density at radius 3 is 2.22 bits per heavy atom. The van der Waals surface area contributed by atoms with Crippen LogP contribution in [0.15, 0.2) is 78.9 Å². The van der Waals surface area contributed by atoms with Crippen LogP contribution in [0, 0.1) is 6.92 Å². The summed E-state index contributed by atoms with van der Waals surface area (Å²) >= 11 is 0. The molecule has 4 rings (SSSR count). The Morgan fingerprint density at radius 2 is 1.58 bits per heavy atom. The molecule has 1 saturated heterocycles. The van der Waals surface area contributed by atoms with E-state index in [1.807, 2.05) is 37.3 Å². The average molecular weight is 487 g/mol. The van der Waals surface area contributed by atoms with Crippen molar-refractivity contribution in [1.82, 2.24) is 4.90 Å². The van der Waals surface area contributed by atoms with E-state index in [1.165, 1.54) is 36.1 Å². The van der Waals surface area contributed by atoms with Gasteiger partial charge in [0.05, 0.1) is 12.1 Å². The fourth-order valence-corrected chi connectivity index (χ4v) is 3.97. The highest BCUT2D eigenvalue weighted by atomic mass is 16.5. The van der Waals surface area contributed by atoms with Crippen molar-refractivity contribution >= 4 is 29.4 Å². The van der Waals surface area contributed by atoms with Gasteiger partial charge in [-0.25, -0.2) is 4.90 Å². The zero-order valence-corrected chi connectivity index (χ0v) is 20.0. The topological polar surface area (TPSA) is 93.2 Å². The van der Waals surface area contributed by atoms with Gasteiger partial charge in [0, 0.05) is 13.5 Å². The Labute approximate surface area is 209 Å². The first kappa shape index (κ1) is 24.7. The molecule has 3 amide bonds. The number of amides is 3. The first-order chi connectivity index (χ1) is 17.3. The number of carbonyl (C=O) groups is 4. The van der Waals surface area contributed by atoms with Crippen molar-refractivity contribution in [1.29, 1.82) is 0 Å². The van der Waals surface area contributed by atoms with E-state index in [2.05, 4.69) is 0 Å². The molecule has 8 nitrogen and oxygen atoms in total. The van der Waals surface area contributed by atoms with Crippen LogP contribution in [0.2, 0.25) is 0 Å². The number of nitrogens with zero attached hydrogens (tertiary/aromatic N) is 2. The van der Waals surface area contributed by atoms with E-state index in [0.29, 0.717) is 17.2 Å². The van der Waals surface area contributed by atoms with Crippen LogP contribution >= 0.6 is 0 Å². The second kappa shape index (κ2) is 10.9. The van der Waals surface area contributed by atoms with Gasteiger partial charge in [-0.2, -0.15) is 0 Å². The molecule has 8 heteroatoms. The number of carbonyl (C=O) groups excluding carboxylic acids is 4. The highest BCUT2D eigenvalue weighted by Gasteiger charge is 2.44. The second-order valence-corrected chi connectivity index (χ2v) is 8.48. The number of rotatable bonds is 8. The van der Waals surface area contributed by atoms with Crippen molar-refractivity contribution in [3.8, 4) is 11.5 Å². The van der Waals surface area contributed by atoms with E-state index in [-0.39, 0.29) is 19.6 Å². The van der Waals surface area contributed by atoms with Crippen LogP contribution in [0.1, 0.15) is 24.5 Å². The molecule has 0 bridgehead atoms. The molecule has 184 valence electrons. The lowest BCUT2D eigenvalue weighted by atomic mass is 10.1. The number of imide groups is 1. The van der Waals surface area contributed by atoms with E-state index >= 15 is 0 Å². The maximum atomic E-state index is 13.4. The van der Waals surface area contributed by atoms with Crippen molar-refractivity contribution in [3.05, 3.63) is 90.0 Å². The molecule has 1 aliphatic heterocycles. The minimum atomic E-state index is -0.973. The lowest BCUT2D eigenvalue weighted by Crippen LogP contribution is -2.46. The quantitative estimate of drug-likeness (QED) is 0.274. The maximum absolute atomic E-state index is 13.4. The van der Waals surface area contributed by atoms with Gasteiger partial charge in [0.25, 0.3) is 11.8 Å². The Kier molecular flexibility index (Phi) is 7.44. The first-order valence-corrected chi connectivity index (χ1v) is 11.5. The molecule has 0 aromatic heterocycles. The molecule has 3 aromatic carbocycles. The lowest BCUT2D eigenvalue weighted by Gasteiger charge is -2.28. The van der Waals surface area contributed by atoms with Crippen molar-refractivity contribution in [2.24, 2.45) is 0 Å². The van der Waals surface area contributed by atoms with Crippen molar-refractivity contribution in [2.45, 2.75) is 32.9 Å². The number of aryl methyl sites for hydroxylation is 1. The van der Waals surface area contributed by atoms with Gasteiger partial charge in [-0.05, 0) is 48.9 Å². The highest BCUT2D eigenvalue weighted by molar-refractivity contribution is 6.23. The summed E-state index contributed by atoms with van der Waals surface area (Å²) in [6.07, 6.45) is -0.145. The number of hydrogen-bond donors (Lipinski definition) is 0. The summed E-state index contributed by atoms with van der Waals surface area (Å²) in [6.45, 7) is 3.13. The predicted molar refractivity (Wildman–Crippen MR) is 132 cm³/mol. The van der Waals surface area contributed by atoms with E-state index in [9.17, 15) is 19.2 Å². The molecule has 1 unspecified atom stereocenters. The van der Waals surface area contributed by atoms with Crippen LogP contribution in [0.3, 0.4) is 0 Å². The molecule has 0 spiro atoms. The van der Waals surface area contributed by atoms with Crippen LogP contribution in [-0.2, 0) is 25.7 Å². The number of esters is 1. The van der Waals surface area contributed by atoms with Crippen LogP contribution in [0.25, 0.3) is 0 Å². The van der Waals surface area contributed by atoms with E-state index in [0.717, 1.165) is 16.0 Å². The fourth-order valence-electron chi connectivity index (χ4n) is 3.97. The molecule has 1 heterocycles. The van der Waals surface area contributed by atoms with Crippen molar-refractivity contribution in [3.63, 3.8) is 0 Å². The molecular formula is C28H26N2O6. The normalized spacial score (nSPS) is 15.1. The number of anilines is 1. The largest absolute Gasteiger partial charge is 0.484 e. The molecule has 0 N–H and O–H groups in total. The minimum Gasteiger partial charge on any atom is -0.484 e. The van der Waals surface area contributed by atoms with Crippen LogP contribution in [-0.4, -0.2) is 41.2 Å². The molecule has 0 radical (unpaired) electrons. The lowest BCUT2D eigenvalue weighted by molar-refractivity contribution is -0.140. The number of benzene rings is 3. The molecule has 0 aliphatic carbocycles. The smallest absolute Gasteiger partial charge is 0.308 e. The van der Waals surface area contributed by atoms with E-state index in [1.54, 1.807) is 24.3 Å². The minimum absolute atomic E-state index is 0.145. The maximum Gasteiger partial charge on any atom is 0.308 e. The molecule has 0 saturated carbocycles. The summed E-state index contributed by atoms with van der Waals surface area (Å²) in [5, 5.41) is 0. The third-order valence-corrected chi connectivity index (χ3v) is 5.75. The summed E-state index contributed by atoms with van der Waals surface area (Å²) in [5.41, 5.74) is 2.24. The summed E-state index contributed by atoms with van der Waals surface area (Å²) < 4.78 is 10.7. The van der Waals surface area contributed by atoms with Gasteiger partial charge in [0.1, 0.15) is 17.5 Å². The molecule has 1 fully saturated rings. The Morgan fingerprint density at radius 1 is 0.917 bits per heavy atom. The highest BCUT2D eigenvalue weighted by Crippen LogP contribution is 2.28. The summed E-state index contributed by atoms with van der Waals surface area (Å²) in [6, 6.07) is 21.7. The van der Waals surface area contributed by atoms with Gasteiger partial charge < -0.3 is 14.4 Å². The van der Waals surface area contributed by atoms with Crippen molar-refractivity contribution in [2.75, 3.05) is 11.5 Å². The average Bonchev–Trinajstić information content (AvgIpc) is 3.16. The van der Waals surface area contributed by atoms with E-state index < -0.39 is 29.7 Å². The van der Waals surface area contributed by atoms with Gasteiger partial charge in [0.15, 0.2) is 6.61 Å². The SMILES string of the molecule is CC(=O)Oc1ccc(N2C(=O)CC(N(Cc3ccc(C)cc3)C(=O)COc3ccccc3)C2=O)cc1. The van der Waals surface area contributed by atoms with Crippen LogP contribution in [0.5, 0.6) is 11.5 Å². The molecule has 1 aliphatic rings. The number of para-hydroxylation sites is 1. The summed E-state index contributed by atoms with van der Waals surface area (Å²) in [4.78, 5) is 53.3. The fraction of sp³-hybridized carbons (Fsp3) is 0.214. The molecular weight excluding hydrogens is 460 g/mol. The van der Waals surface area contributed by atoms with E-state index in [4.69, 9.17) is 9.47 Å². The predicted octanol–water partition coefficient (Wildman–Crippen LogP) is 3.66. The summed E-state index contributed by atoms with van der Waals surface area (Å²) in [7, 11) is 0. The van der Waals surface area contributed by atoms with Gasteiger partial charge >= 0.3 is 5.97 Å². The molecule has 1 atom stereocenters. The first-order valence-electron chi connectivity index (χ1n) is 11.5. The Balaban J connectivity index is 1.56. The van der Waals surface area contributed by atoms with Crippen LogP contribution in [0.4, 0.5) is 5.69 Å². The van der Waals surface area contributed by atoms with Gasteiger partial charge in [-0.1, -0.05) is 48.0 Å². The monoisotopic (exact) mass is 486 g/mol. The third kappa shape index (κ3) is 5.78. The van der Waals surface area contributed by atoms with Gasteiger partial charge in [-0.15, -0.1) is 0 Å². The standard InChI is InChI=1S/C28H26N2O6/c1-19-8-10-21(11-9-19)17-29(27(33)18-35-23-6-4-3-5-7-23)25-16-26(32)30(28(25)34)22-12-14-24(15-13-22)36-20(2)31/h3-15,25H,16-18H2,1-2H3. The zero-order chi connectivity index (χ0) is 25.7. The summed E-state index contributed by atoms with van der Waals surface area (Å²) in [5.74, 6) is -0.964. The van der Waals surface area contributed by atoms with Gasteiger partial charge in [-0.3, -0.25) is 19.2 Å². The zero-order valence-electron chi connectivity index (χ0n) is 20.0. The number of hydrogen-bond acceptors (Lipinski definition) is 6. The van der Waals surface area contributed by atoms with Gasteiger partial charge in [0.2, 0.25) is 5.91 Å². The second-order valence-electron chi connectivity index (χ2n) is 8.48. The Hall–Kier alpha value is -4.46. The Bertz CT molecular complexity index is 1260. The number of ether oxygens (including phenoxy) is 2. The third-order valence-electron chi connectivity index (χ3n) is 5.75. The van der Waals surface area contributed by atoms with Crippen molar-refractivity contribution < 1.29 is 28.7 Å².